The highest BCUT2D eigenvalue weighted by atomic mass is 14.2. The molecule has 0 aliphatic carbocycles. The predicted molar refractivity (Wildman–Crippen MR) is 137 cm³/mol. The Morgan fingerprint density at radius 2 is 0.929 bits per heavy atom. The first kappa shape index (κ1) is 35.4. The quantitative estimate of drug-likeness (QED) is 0.337. The number of rotatable bonds is 9. The van der Waals surface area contributed by atoms with Gasteiger partial charge in [-0.2, -0.15) is 0 Å². The van der Waals surface area contributed by atoms with Gasteiger partial charge in [-0.15, -0.1) is 0 Å². The van der Waals surface area contributed by atoms with Gasteiger partial charge in [0, 0.05) is 0 Å². The SMILES string of the molecule is CCC(C)(C)C.CCC(C)(C)CC.CCC(C)C.CCCCCC(CC)CC. The van der Waals surface area contributed by atoms with Crippen molar-refractivity contribution >= 4 is 0 Å². The Hall–Kier alpha value is 0. The Bertz CT molecular complexity index is 244. The fourth-order valence-electron chi connectivity index (χ4n) is 1.63. The molecule has 0 amide bonds. The monoisotopic (exact) mass is 401 g/mol. The van der Waals surface area contributed by atoms with Crippen LogP contribution in [0.25, 0.3) is 0 Å². The molecule has 28 heavy (non-hydrogen) atoms. The fraction of sp³-hybridized carbons (Fsp3) is 1.00. The van der Waals surface area contributed by atoms with Crippen LogP contribution in [0.2, 0.25) is 0 Å². The highest BCUT2D eigenvalue weighted by Gasteiger charge is 2.09. The molecule has 0 aromatic rings. The van der Waals surface area contributed by atoms with Crippen molar-refractivity contribution in [2.24, 2.45) is 22.7 Å². The van der Waals surface area contributed by atoms with Crippen LogP contribution in [-0.2, 0) is 0 Å². The smallest absolute Gasteiger partial charge is 0.0359 e. The van der Waals surface area contributed by atoms with E-state index in [9.17, 15) is 0 Å². The van der Waals surface area contributed by atoms with E-state index >= 15 is 0 Å². The summed E-state index contributed by atoms with van der Waals surface area (Å²) in [6, 6.07) is 0. The Morgan fingerprint density at radius 1 is 0.571 bits per heavy atom. The number of hydrogen-bond acceptors (Lipinski definition) is 0. The van der Waals surface area contributed by atoms with E-state index in [1.165, 1.54) is 64.2 Å². The summed E-state index contributed by atoms with van der Waals surface area (Å²) in [5, 5.41) is 0. The molecule has 0 nitrogen and oxygen atoms in total. The van der Waals surface area contributed by atoms with Gasteiger partial charge in [-0.1, -0.05) is 161 Å². The lowest BCUT2D eigenvalue weighted by Gasteiger charge is -2.18. The molecule has 0 atom stereocenters. The van der Waals surface area contributed by atoms with Crippen LogP contribution in [0.5, 0.6) is 0 Å². The van der Waals surface area contributed by atoms with Crippen molar-refractivity contribution in [3.05, 3.63) is 0 Å². The second-order valence-corrected chi connectivity index (χ2v) is 10.8. The fourth-order valence-corrected chi connectivity index (χ4v) is 1.63. The van der Waals surface area contributed by atoms with E-state index in [2.05, 4.69) is 96.9 Å². The van der Waals surface area contributed by atoms with Crippen LogP contribution in [0.1, 0.15) is 161 Å². The van der Waals surface area contributed by atoms with Gasteiger partial charge in [0.25, 0.3) is 0 Å². The van der Waals surface area contributed by atoms with Crippen molar-refractivity contribution in [2.45, 2.75) is 161 Å². The van der Waals surface area contributed by atoms with Gasteiger partial charge in [0.15, 0.2) is 0 Å². The van der Waals surface area contributed by atoms with Crippen molar-refractivity contribution in [3.63, 3.8) is 0 Å². The Labute approximate surface area is 184 Å². The molecule has 0 N–H and O–H groups in total. The maximum absolute atomic E-state index is 2.31. The van der Waals surface area contributed by atoms with Gasteiger partial charge in [0.05, 0.1) is 0 Å². The van der Waals surface area contributed by atoms with Gasteiger partial charge in [0.2, 0.25) is 0 Å². The zero-order valence-electron chi connectivity index (χ0n) is 23.2. The van der Waals surface area contributed by atoms with Crippen LogP contribution in [0.4, 0.5) is 0 Å². The van der Waals surface area contributed by atoms with E-state index < -0.39 is 0 Å². The minimum absolute atomic E-state index is 0.542. The highest BCUT2D eigenvalue weighted by molar-refractivity contribution is 4.61. The van der Waals surface area contributed by atoms with E-state index in [1.807, 2.05) is 0 Å². The molecule has 0 rings (SSSR count). The normalized spacial score (nSPS) is 11.1. The first-order chi connectivity index (χ1) is 12.8. The summed E-state index contributed by atoms with van der Waals surface area (Å²) in [6.45, 7) is 31.5. The molecular weight excluding hydrogens is 336 g/mol. The zero-order chi connectivity index (χ0) is 23.2. The third kappa shape index (κ3) is 40.6. The van der Waals surface area contributed by atoms with Gasteiger partial charge in [-0.3, -0.25) is 0 Å². The van der Waals surface area contributed by atoms with E-state index in [-0.39, 0.29) is 0 Å². The van der Waals surface area contributed by atoms with Crippen LogP contribution >= 0.6 is 0 Å². The Balaban J connectivity index is -0.000000142. The van der Waals surface area contributed by atoms with E-state index in [0.717, 1.165) is 11.8 Å². The second kappa shape index (κ2) is 23.3. The second-order valence-electron chi connectivity index (χ2n) is 10.8. The summed E-state index contributed by atoms with van der Waals surface area (Å²) < 4.78 is 0. The van der Waals surface area contributed by atoms with E-state index in [0.29, 0.717) is 10.8 Å². The molecule has 0 aliphatic rings. The van der Waals surface area contributed by atoms with Crippen molar-refractivity contribution < 1.29 is 0 Å². The minimum Gasteiger partial charge on any atom is -0.0654 e. The summed E-state index contributed by atoms with van der Waals surface area (Å²) in [5.74, 6) is 1.89. The highest BCUT2D eigenvalue weighted by Crippen LogP contribution is 2.22. The molecule has 0 aliphatic heterocycles. The molecule has 0 radical (unpaired) electrons. The molecule has 0 bridgehead atoms. The molecule has 0 saturated heterocycles. The number of hydrogen-bond donors (Lipinski definition) is 0. The Morgan fingerprint density at radius 3 is 1.07 bits per heavy atom. The van der Waals surface area contributed by atoms with Crippen LogP contribution < -0.4 is 0 Å². The van der Waals surface area contributed by atoms with Gasteiger partial charge < -0.3 is 0 Å². The average Bonchev–Trinajstić information content (AvgIpc) is 2.66. The molecule has 0 heterocycles. The van der Waals surface area contributed by atoms with Gasteiger partial charge >= 0.3 is 0 Å². The standard InChI is InChI=1S/C10H22.C7H16.C6H14.C5H12/c1-4-7-8-9-10(5-2)6-3;1-5-7(3,4)6-2;1-5-6(2,3)4;1-4-5(2)3/h10H,4-9H2,1-3H3;5-6H2,1-4H3;5H2,1-4H3;5H,4H2,1-3H3. The third-order valence-corrected chi connectivity index (χ3v) is 6.16. The van der Waals surface area contributed by atoms with Crippen molar-refractivity contribution in [2.75, 3.05) is 0 Å². The van der Waals surface area contributed by atoms with Crippen LogP contribution in [0.3, 0.4) is 0 Å². The number of unbranched alkanes of at least 4 members (excludes halogenated alkanes) is 2. The molecule has 0 aromatic carbocycles. The zero-order valence-corrected chi connectivity index (χ0v) is 23.2. The minimum atomic E-state index is 0.542. The molecule has 0 heteroatoms. The molecule has 0 unspecified atom stereocenters. The topological polar surface area (TPSA) is 0 Å². The van der Waals surface area contributed by atoms with Gasteiger partial charge in [0.1, 0.15) is 0 Å². The predicted octanol–water partition coefficient (Wildman–Crippen LogP) is 11.3. The molecule has 0 saturated carbocycles. The molecular formula is C28H64. The average molecular weight is 401 g/mol. The summed E-state index contributed by atoms with van der Waals surface area (Å²) in [7, 11) is 0. The van der Waals surface area contributed by atoms with Crippen molar-refractivity contribution in [1.29, 1.82) is 0 Å². The first-order valence-electron chi connectivity index (χ1n) is 12.8. The third-order valence-electron chi connectivity index (χ3n) is 6.16. The lowest BCUT2D eigenvalue weighted by molar-refractivity contribution is 0.338. The van der Waals surface area contributed by atoms with Crippen LogP contribution in [0.15, 0.2) is 0 Å². The van der Waals surface area contributed by atoms with E-state index in [1.54, 1.807) is 0 Å². The maximum Gasteiger partial charge on any atom is -0.0359 e. The summed E-state index contributed by atoms with van der Waals surface area (Å²) in [5.41, 5.74) is 1.12. The lowest BCUT2D eigenvalue weighted by atomic mass is 9.88. The Kier molecular flexibility index (Phi) is 29.5. The van der Waals surface area contributed by atoms with Gasteiger partial charge in [-0.25, -0.2) is 0 Å². The molecule has 0 spiro atoms. The summed E-state index contributed by atoms with van der Waals surface area (Å²) >= 11 is 0. The van der Waals surface area contributed by atoms with Crippen LogP contribution in [0, 0.1) is 22.7 Å². The van der Waals surface area contributed by atoms with Crippen molar-refractivity contribution in [3.8, 4) is 0 Å². The molecule has 176 valence electrons. The largest absolute Gasteiger partial charge is 0.0654 e. The maximum atomic E-state index is 2.31. The van der Waals surface area contributed by atoms with Crippen molar-refractivity contribution in [1.82, 2.24) is 0 Å². The van der Waals surface area contributed by atoms with Gasteiger partial charge in [-0.05, 0) is 22.7 Å². The summed E-state index contributed by atoms with van der Waals surface area (Å²) in [4.78, 5) is 0. The lowest BCUT2D eigenvalue weighted by Crippen LogP contribution is -2.05. The molecule has 0 aromatic heterocycles. The van der Waals surface area contributed by atoms with E-state index in [4.69, 9.17) is 0 Å². The summed E-state index contributed by atoms with van der Waals surface area (Å²) in [6.07, 6.45) is 13.6. The van der Waals surface area contributed by atoms with Crippen LogP contribution in [-0.4, -0.2) is 0 Å². The molecule has 0 fully saturated rings. The first-order valence-corrected chi connectivity index (χ1v) is 12.8.